The summed E-state index contributed by atoms with van der Waals surface area (Å²) in [7, 11) is 1.68. The van der Waals surface area contributed by atoms with Crippen LogP contribution in [0.5, 0.6) is 0 Å². The number of ether oxygens (including phenoxy) is 2. The molecule has 2 unspecified atom stereocenters. The Hall–Kier alpha value is -2.22. The zero-order chi connectivity index (χ0) is 21.6. The topological polar surface area (TPSA) is 88.3 Å². The molecule has 168 valence electrons. The third-order valence-corrected chi connectivity index (χ3v) is 5.49. The van der Waals surface area contributed by atoms with Gasteiger partial charge in [-0.15, -0.1) is 0 Å². The zero-order valence-electron chi connectivity index (χ0n) is 18.6. The van der Waals surface area contributed by atoms with Gasteiger partial charge >= 0.3 is 6.09 Å². The average molecular weight is 421 g/mol. The molecule has 1 amide bonds. The Bertz CT molecular complexity index is 684. The van der Waals surface area contributed by atoms with Crippen LogP contribution in [0.1, 0.15) is 52.2 Å². The van der Waals surface area contributed by atoms with Gasteiger partial charge < -0.3 is 29.4 Å². The molecule has 8 nitrogen and oxygen atoms in total. The summed E-state index contributed by atoms with van der Waals surface area (Å²) in [5.74, 6) is 1.73. The van der Waals surface area contributed by atoms with Crippen LogP contribution in [-0.4, -0.2) is 67.5 Å². The largest absolute Gasteiger partial charge is 0.469 e. The van der Waals surface area contributed by atoms with Crippen LogP contribution in [0.4, 0.5) is 4.79 Å². The number of methoxy groups -OCH3 is 1. The summed E-state index contributed by atoms with van der Waals surface area (Å²) in [6.07, 6.45) is 6.17. The van der Waals surface area contributed by atoms with Crippen molar-refractivity contribution in [3.63, 3.8) is 0 Å². The molecular weight excluding hydrogens is 384 g/mol. The Kier molecular flexibility index (Phi) is 7.64. The molecule has 0 radical (unpaired) electrons. The number of piperidine rings is 1. The maximum atomic E-state index is 12.7. The summed E-state index contributed by atoms with van der Waals surface area (Å²) < 4.78 is 16.2. The van der Waals surface area contributed by atoms with Crippen molar-refractivity contribution in [1.29, 1.82) is 0 Å². The zero-order valence-corrected chi connectivity index (χ0v) is 18.6. The number of hydrogen-bond donors (Lipinski definition) is 2. The lowest BCUT2D eigenvalue weighted by Gasteiger charge is -2.40. The van der Waals surface area contributed by atoms with E-state index in [0.717, 1.165) is 50.4 Å². The maximum Gasteiger partial charge on any atom is 0.410 e. The Morgan fingerprint density at radius 3 is 2.63 bits per heavy atom. The predicted octanol–water partition coefficient (Wildman–Crippen LogP) is 2.93. The Balaban J connectivity index is 1.55. The number of furan rings is 1. The Labute approximate surface area is 179 Å². The Morgan fingerprint density at radius 2 is 2.03 bits per heavy atom. The fourth-order valence-electron chi connectivity index (χ4n) is 4.26. The molecule has 0 spiro atoms. The lowest BCUT2D eigenvalue weighted by Crippen LogP contribution is -2.55. The molecule has 30 heavy (non-hydrogen) atoms. The minimum absolute atomic E-state index is 0.181. The molecule has 2 N–H and O–H groups in total. The van der Waals surface area contributed by atoms with Crippen molar-refractivity contribution in [1.82, 2.24) is 15.5 Å². The number of carbonyl (C=O) groups excluding carboxylic acids is 1. The van der Waals surface area contributed by atoms with Gasteiger partial charge in [-0.2, -0.15) is 0 Å². The molecule has 2 aliphatic rings. The first kappa shape index (κ1) is 22.5. The van der Waals surface area contributed by atoms with Gasteiger partial charge in [-0.3, -0.25) is 4.99 Å². The number of nitrogens with zero attached hydrogens (tertiary/aromatic N) is 2. The predicted molar refractivity (Wildman–Crippen MR) is 116 cm³/mol. The first-order valence-electron chi connectivity index (χ1n) is 10.9. The van der Waals surface area contributed by atoms with Gasteiger partial charge in [0.25, 0.3) is 0 Å². The summed E-state index contributed by atoms with van der Waals surface area (Å²) in [5, 5.41) is 6.97. The van der Waals surface area contributed by atoms with Crippen molar-refractivity contribution in [2.75, 3.05) is 26.8 Å². The number of amides is 1. The minimum Gasteiger partial charge on any atom is -0.469 e. The molecular formula is C22H36N4O4. The highest BCUT2D eigenvalue weighted by atomic mass is 16.6. The number of aliphatic imine (C=N–C) groups is 1. The molecule has 0 aromatic carbocycles. The van der Waals surface area contributed by atoms with Crippen LogP contribution in [0, 0.1) is 0 Å². The third kappa shape index (κ3) is 6.39. The summed E-state index contributed by atoms with van der Waals surface area (Å²) >= 11 is 0. The van der Waals surface area contributed by atoms with Gasteiger partial charge in [-0.05, 0) is 58.6 Å². The van der Waals surface area contributed by atoms with Gasteiger partial charge in [0.1, 0.15) is 11.4 Å². The number of carbonyl (C=O) groups is 1. The van der Waals surface area contributed by atoms with Gasteiger partial charge in [-0.1, -0.05) is 0 Å². The summed E-state index contributed by atoms with van der Waals surface area (Å²) in [6, 6.07) is 4.59. The highest BCUT2D eigenvalue weighted by Crippen LogP contribution is 2.36. The molecule has 2 fully saturated rings. The number of guanidine groups is 1. The van der Waals surface area contributed by atoms with Crippen molar-refractivity contribution in [2.24, 2.45) is 4.99 Å². The second kappa shape index (κ2) is 10.2. The van der Waals surface area contributed by atoms with E-state index < -0.39 is 5.60 Å². The number of hydrogen-bond acceptors (Lipinski definition) is 5. The van der Waals surface area contributed by atoms with E-state index in [0.29, 0.717) is 13.2 Å². The molecule has 3 rings (SSSR count). The monoisotopic (exact) mass is 420 g/mol. The normalized spacial score (nSPS) is 24.1. The van der Waals surface area contributed by atoms with Crippen LogP contribution >= 0.6 is 0 Å². The van der Waals surface area contributed by atoms with Crippen LogP contribution in [0.3, 0.4) is 0 Å². The highest BCUT2D eigenvalue weighted by molar-refractivity contribution is 5.80. The maximum absolute atomic E-state index is 12.7. The van der Waals surface area contributed by atoms with Gasteiger partial charge in [0.05, 0.1) is 19.4 Å². The van der Waals surface area contributed by atoms with Crippen LogP contribution < -0.4 is 10.6 Å². The van der Waals surface area contributed by atoms with Crippen molar-refractivity contribution in [3.05, 3.63) is 24.2 Å². The van der Waals surface area contributed by atoms with E-state index in [1.807, 2.05) is 37.8 Å². The number of nitrogens with one attached hydrogen (secondary N) is 2. The van der Waals surface area contributed by atoms with E-state index in [9.17, 15) is 4.79 Å². The van der Waals surface area contributed by atoms with Crippen molar-refractivity contribution < 1.29 is 18.7 Å². The summed E-state index contributed by atoms with van der Waals surface area (Å²) in [5.41, 5.74) is -0.468. The third-order valence-electron chi connectivity index (χ3n) is 5.49. The van der Waals surface area contributed by atoms with Gasteiger partial charge in [0.15, 0.2) is 5.96 Å². The van der Waals surface area contributed by atoms with Gasteiger partial charge in [-0.25, -0.2) is 4.79 Å². The smallest absolute Gasteiger partial charge is 0.410 e. The second-order valence-corrected chi connectivity index (χ2v) is 9.06. The summed E-state index contributed by atoms with van der Waals surface area (Å²) in [4.78, 5) is 19.3. The molecule has 2 aliphatic heterocycles. The molecule has 2 bridgehead atoms. The quantitative estimate of drug-likeness (QED) is 0.401. The number of rotatable bonds is 7. The van der Waals surface area contributed by atoms with E-state index in [-0.39, 0.29) is 24.2 Å². The molecule has 1 aromatic heterocycles. The molecule has 2 saturated heterocycles. The van der Waals surface area contributed by atoms with Crippen molar-refractivity contribution in [2.45, 2.75) is 76.6 Å². The first-order valence-corrected chi connectivity index (χ1v) is 10.9. The fraction of sp³-hybridized carbons (Fsp3) is 0.727. The Morgan fingerprint density at radius 1 is 1.30 bits per heavy atom. The van der Waals surface area contributed by atoms with E-state index in [1.54, 1.807) is 13.4 Å². The van der Waals surface area contributed by atoms with E-state index in [1.165, 1.54) is 0 Å². The van der Waals surface area contributed by atoms with Gasteiger partial charge in [0.2, 0.25) is 0 Å². The van der Waals surface area contributed by atoms with Crippen LogP contribution in [-0.2, 0) is 15.9 Å². The number of fused-ring (bicyclic) bond motifs is 2. The highest BCUT2D eigenvalue weighted by Gasteiger charge is 2.45. The standard InChI is InChI=1S/C22H36N4O4/c1-22(2,3)30-21(27)26-17-7-8-18(26)15-16(14-17)25-20(24-11-13-28-4)23-10-9-19-6-5-12-29-19/h5-6,12,16-18H,7-11,13-15H2,1-4H3,(H2,23,24,25). The molecule has 1 aromatic rings. The van der Waals surface area contributed by atoms with Crippen LogP contribution in [0.2, 0.25) is 0 Å². The van der Waals surface area contributed by atoms with Crippen molar-refractivity contribution >= 4 is 12.1 Å². The first-order chi connectivity index (χ1) is 14.4. The molecule has 0 aliphatic carbocycles. The molecule has 8 heteroatoms. The minimum atomic E-state index is -0.468. The molecule has 0 saturated carbocycles. The average Bonchev–Trinajstić information content (AvgIpc) is 3.27. The van der Waals surface area contributed by atoms with Crippen LogP contribution in [0.15, 0.2) is 27.8 Å². The summed E-state index contributed by atoms with van der Waals surface area (Å²) in [6.45, 7) is 7.65. The SMILES string of the molecule is COCCN=C(NCCc1ccco1)NC1CC2CCC(C1)N2C(=O)OC(C)(C)C. The fourth-order valence-corrected chi connectivity index (χ4v) is 4.26. The lowest BCUT2D eigenvalue weighted by atomic mass is 9.98. The van der Waals surface area contributed by atoms with Crippen LogP contribution in [0.25, 0.3) is 0 Å². The van der Waals surface area contributed by atoms with Crippen molar-refractivity contribution in [3.8, 4) is 0 Å². The van der Waals surface area contributed by atoms with Gasteiger partial charge in [0, 0.05) is 38.2 Å². The van der Waals surface area contributed by atoms with E-state index in [2.05, 4.69) is 15.6 Å². The lowest BCUT2D eigenvalue weighted by molar-refractivity contribution is 0.00545. The molecule has 2 atom stereocenters. The van der Waals surface area contributed by atoms with E-state index >= 15 is 0 Å². The molecule has 3 heterocycles. The second-order valence-electron chi connectivity index (χ2n) is 9.06. The van der Waals surface area contributed by atoms with E-state index in [4.69, 9.17) is 13.9 Å².